The van der Waals surface area contributed by atoms with Crippen molar-refractivity contribution < 1.29 is 14.7 Å². The molecule has 5 nitrogen and oxygen atoms in total. The maximum Gasteiger partial charge on any atom is 0.307 e. The van der Waals surface area contributed by atoms with Crippen LogP contribution in [0.1, 0.15) is 25.7 Å². The first-order valence-corrected chi connectivity index (χ1v) is 6.75. The van der Waals surface area contributed by atoms with Gasteiger partial charge in [0.1, 0.15) is 0 Å². The number of likely N-dealkylation sites (tertiary alicyclic amines) is 2. The second kappa shape index (κ2) is 5.69. The van der Waals surface area contributed by atoms with Gasteiger partial charge < -0.3 is 14.9 Å². The van der Waals surface area contributed by atoms with E-state index in [-0.39, 0.29) is 12.3 Å². The topological polar surface area (TPSA) is 60.9 Å². The molecule has 1 atom stereocenters. The number of carbonyl (C=O) groups excluding carboxylic acids is 1. The van der Waals surface area contributed by atoms with Crippen LogP contribution in [0.2, 0.25) is 0 Å². The Morgan fingerprint density at radius 2 is 1.94 bits per heavy atom. The molecule has 0 aromatic carbocycles. The van der Waals surface area contributed by atoms with Crippen LogP contribution in [0.3, 0.4) is 0 Å². The Bertz CT molecular complexity index is 324. The van der Waals surface area contributed by atoms with Gasteiger partial charge in [-0.2, -0.15) is 0 Å². The second-order valence-electron chi connectivity index (χ2n) is 5.61. The molecule has 2 rings (SSSR count). The highest BCUT2D eigenvalue weighted by Crippen LogP contribution is 2.23. The lowest BCUT2D eigenvalue weighted by molar-refractivity contribution is -0.149. The molecule has 2 aliphatic heterocycles. The maximum absolute atomic E-state index is 11.9. The van der Waals surface area contributed by atoms with Gasteiger partial charge in [0.15, 0.2) is 0 Å². The van der Waals surface area contributed by atoms with Gasteiger partial charge in [-0.3, -0.25) is 9.59 Å². The van der Waals surface area contributed by atoms with E-state index in [1.54, 1.807) is 0 Å². The van der Waals surface area contributed by atoms with Gasteiger partial charge in [0.05, 0.1) is 5.92 Å². The van der Waals surface area contributed by atoms with E-state index >= 15 is 0 Å². The van der Waals surface area contributed by atoms with E-state index < -0.39 is 11.9 Å². The van der Waals surface area contributed by atoms with Crippen LogP contribution in [0.5, 0.6) is 0 Å². The summed E-state index contributed by atoms with van der Waals surface area (Å²) in [6.45, 7) is 3.63. The molecule has 0 aromatic heterocycles. The van der Waals surface area contributed by atoms with Gasteiger partial charge in [-0.25, -0.2) is 0 Å². The Morgan fingerprint density at radius 3 is 2.50 bits per heavy atom. The zero-order chi connectivity index (χ0) is 13.1. The normalized spacial score (nSPS) is 27.5. The summed E-state index contributed by atoms with van der Waals surface area (Å²) in [4.78, 5) is 26.9. The van der Waals surface area contributed by atoms with Crippen molar-refractivity contribution in [2.75, 3.05) is 33.2 Å². The predicted octanol–water partition coefficient (Wildman–Crippen LogP) is 0.651. The van der Waals surface area contributed by atoms with E-state index in [0.717, 1.165) is 32.5 Å². The van der Waals surface area contributed by atoms with E-state index in [4.69, 9.17) is 5.11 Å². The van der Waals surface area contributed by atoms with Crippen molar-refractivity contribution in [3.8, 4) is 0 Å². The summed E-state index contributed by atoms with van der Waals surface area (Å²) >= 11 is 0. The molecule has 0 aromatic rings. The minimum Gasteiger partial charge on any atom is -0.481 e. The van der Waals surface area contributed by atoms with Gasteiger partial charge in [0.25, 0.3) is 0 Å². The highest BCUT2D eigenvalue weighted by molar-refractivity contribution is 5.83. The number of aliphatic carboxylic acids is 1. The van der Waals surface area contributed by atoms with Gasteiger partial charge in [-0.15, -0.1) is 0 Å². The third-order valence-electron chi connectivity index (χ3n) is 4.19. The van der Waals surface area contributed by atoms with Crippen molar-refractivity contribution in [2.24, 2.45) is 11.8 Å². The van der Waals surface area contributed by atoms with Crippen LogP contribution >= 0.6 is 0 Å². The molecule has 2 heterocycles. The molecule has 1 unspecified atom stereocenters. The average Bonchev–Trinajstić information content (AvgIpc) is 2.34. The number of carboxylic acids is 1. The van der Waals surface area contributed by atoms with Gasteiger partial charge in [-0.05, 0) is 45.3 Å². The zero-order valence-corrected chi connectivity index (χ0v) is 11.0. The first kappa shape index (κ1) is 13.3. The number of nitrogens with zero attached hydrogens (tertiary/aromatic N) is 2. The van der Waals surface area contributed by atoms with Crippen molar-refractivity contribution in [2.45, 2.75) is 25.7 Å². The van der Waals surface area contributed by atoms with E-state index in [0.29, 0.717) is 18.9 Å². The Kier molecular flexibility index (Phi) is 4.22. The molecule has 2 saturated heterocycles. The fourth-order valence-corrected chi connectivity index (χ4v) is 2.84. The van der Waals surface area contributed by atoms with Crippen LogP contribution < -0.4 is 0 Å². The monoisotopic (exact) mass is 254 g/mol. The SMILES string of the molecule is CN1CCC(CN2CCC(C(=O)O)CC2=O)CC1. The van der Waals surface area contributed by atoms with Crippen molar-refractivity contribution in [3.63, 3.8) is 0 Å². The number of rotatable bonds is 3. The van der Waals surface area contributed by atoms with Gasteiger partial charge in [-0.1, -0.05) is 0 Å². The molecule has 5 heteroatoms. The van der Waals surface area contributed by atoms with Crippen LogP contribution in [0.25, 0.3) is 0 Å². The molecule has 2 fully saturated rings. The molecule has 0 bridgehead atoms. The lowest BCUT2D eigenvalue weighted by Crippen LogP contribution is -2.45. The number of piperidine rings is 2. The summed E-state index contributed by atoms with van der Waals surface area (Å²) in [7, 11) is 2.12. The largest absolute Gasteiger partial charge is 0.481 e. The molecule has 18 heavy (non-hydrogen) atoms. The Morgan fingerprint density at radius 1 is 1.28 bits per heavy atom. The van der Waals surface area contributed by atoms with Gasteiger partial charge in [0, 0.05) is 19.5 Å². The van der Waals surface area contributed by atoms with Gasteiger partial charge >= 0.3 is 5.97 Å². The highest BCUT2D eigenvalue weighted by atomic mass is 16.4. The van der Waals surface area contributed by atoms with Crippen LogP contribution in [0, 0.1) is 11.8 Å². The third-order valence-corrected chi connectivity index (χ3v) is 4.19. The van der Waals surface area contributed by atoms with E-state index in [1.807, 2.05) is 4.90 Å². The second-order valence-corrected chi connectivity index (χ2v) is 5.61. The highest BCUT2D eigenvalue weighted by Gasteiger charge is 2.31. The van der Waals surface area contributed by atoms with Crippen molar-refractivity contribution in [3.05, 3.63) is 0 Å². The summed E-state index contributed by atoms with van der Waals surface area (Å²) in [6.07, 6.45) is 3.07. The number of carboxylic acid groups (broad SMARTS) is 1. The summed E-state index contributed by atoms with van der Waals surface area (Å²) in [5.74, 6) is -0.687. The first-order chi connectivity index (χ1) is 8.56. The number of hydrogen-bond donors (Lipinski definition) is 1. The van der Waals surface area contributed by atoms with Crippen LogP contribution in [0.15, 0.2) is 0 Å². The standard InChI is InChI=1S/C13H22N2O3/c1-14-5-2-10(3-6-14)9-15-7-4-11(13(17)18)8-12(15)16/h10-11H,2-9H2,1H3,(H,17,18). The molecular weight excluding hydrogens is 232 g/mol. The van der Waals surface area contributed by atoms with Crippen molar-refractivity contribution >= 4 is 11.9 Å². The van der Waals surface area contributed by atoms with Gasteiger partial charge in [0.2, 0.25) is 5.91 Å². The number of hydrogen-bond acceptors (Lipinski definition) is 3. The average molecular weight is 254 g/mol. The number of amides is 1. The van der Waals surface area contributed by atoms with E-state index in [1.165, 1.54) is 0 Å². The van der Waals surface area contributed by atoms with E-state index in [9.17, 15) is 9.59 Å². The Balaban J connectivity index is 1.80. The summed E-state index contributed by atoms with van der Waals surface area (Å²) in [5, 5.41) is 8.92. The first-order valence-electron chi connectivity index (χ1n) is 6.75. The summed E-state index contributed by atoms with van der Waals surface area (Å²) < 4.78 is 0. The smallest absolute Gasteiger partial charge is 0.307 e. The Hall–Kier alpha value is -1.10. The van der Waals surface area contributed by atoms with Crippen LogP contribution in [0.4, 0.5) is 0 Å². The maximum atomic E-state index is 11.9. The quantitative estimate of drug-likeness (QED) is 0.803. The molecule has 1 amide bonds. The molecule has 2 aliphatic rings. The van der Waals surface area contributed by atoms with Crippen LogP contribution in [-0.2, 0) is 9.59 Å². The summed E-state index contributed by atoms with van der Waals surface area (Å²) in [6, 6.07) is 0. The lowest BCUT2D eigenvalue weighted by Gasteiger charge is -2.36. The molecule has 1 N–H and O–H groups in total. The molecule has 0 spiro atoms. The molecular formula is C13H22N2O3. The number of carbonyl (C=O) groups is 2. The van der Waals surface area contributed by atoms with Crippen molar-refractivity contribution in [1.82, 2.24) is 9.80 Å². The minimum absolute atomic E-state index is 0.0209. The third kappa shape index (κ3) is 3.22. The predicted molar refractivity (Wildman–Crippen MR) is 67.2 cm³/mol. The fraction of sp³-hybridized carbons (Fsp3) is 0.846. The summed E-state index contributed by atoms with van der Waals surface area (Å²) in [5.41, 5.74) is 0. The Labute approximate surface area is 108 Å². The molecule has 0 radical (unpaired) electrons. The molecule has 102 valence electrons. The minimum atomic E-state index is -0.831. The fourth-order valence-electron chi connectivity index (χ4n) is 2.84. The lowest BCUT2D eigenvalue weighted by atomic mass is 9.92. The molecule has 0 saturated carbocycles. The van der Waals surface area contributed by atoms with Crippen molar-refractivity contribution in [1.29, 1.82) is 0 Å². The van der Waals surface area contributed by atoms with E-state index in [2.05, 4.69) is 11.9 Å². The zero-order valence-electron chi connectivity index (χ0n) is 11.0. The van der Waals surface area contributed by atoms with Crippen LogP contribution in [-0.4, -0.2) is 60.0 Å². The molecule has 0 aliphatic carbocycles.